The normalized spacial score (nSPS) is 8.89. The number of hydrogen-bond donors (Lipinski definition) is 1. The molecule has 0 radical (unpaired) electrons. The first-order valence-corrected chi connectivity index (χ1v) is 3.04. The number of phenolic OH excluding ortho intramolecular Hbond substituents is 1. The van der Waals surface area contributed by atoms with Gasteiger partial charge in [-0.05, 0) is 17.7 Å². The molecule has 0 aliphatic heterocycles. The van der Waals surface area contributed by atoms with E-state index in [-0.39, 0.29) is 5.75 Å². The van der Waals surface area contributed by atoms with Crippen LogP contribution in [0.4, 0.5) is 0 Å². The molecular weight excluding hydrogens is 132 g/mol. The maximum Gasteiger partial charge on any atom is 0.116 e. The Bertz CT molecular complexity index is 220. The molecule has 0 aromatic heterocycles. The van der Waals surface area contributed by atoms with Gasteiger partial charge < -0.3 is 5.11 Å². The molecule has 0 amide bonds. The minimum absolute atomic E-state index is 0.258. The van der Waals surface area contributed by atoms with Crippen LogP contribution in [-0.2, 0) is 0 Å². The molecule has 0 bridgehead atoms. The fraction of sp³-hybridized carbons (Fsp3) is 0. The first kappa shape index (κ1) is 6.23. The second-order valence-electron chi connectivity index (χ2n) is 1.71. The zero-order chi connectivity index (χ0) is 6.69. The van der Waals surface area contributed by atoms with Gasteiger partial charge in [-0.15, -0.1) is 0 Å². The highest BCUT2D eigenvalue weighted by Crippen LogP contribution is 2.08. The number of rotatable bonds is 1. The fourth-order valence-corrected chi connectivity index (χ4v) is 0.745. The molecule has 0 saturated heterocycles. The average molecular weight is 138 g/mol. The van der Waals surface area contributed by atoms with Crippen LogP contribution >= 0.6 is 12.2 Å². The van der Waals surface area contributed by atoms with Gasteiger partial charge in [0.1, 0.15) is 5.75 Å². The molecule has 46 valence electrons. The number of phenols is 1. The van der Waals surface area contributed by atoms with Crippen molar-refractivity contribution in [3.05, 3.63) is 29.8 Å². The summed E-state index contributed by atoms with van der Waals surface area (Å²) in [7, 11) is 0. The zero-order valence-corrected chi connectivity index (χ0v) is 5.56. The van der Waals surface area contributed by atoms with Gasteiger partial charge in [0.05, 0.1) is 0 Å². The van der Waals surface area contributed by atoms with Crippen molar-refractivity contribution in [2.75, 3.05) is 0 Å². The highest BCUT2D eigenvalue weighted by Gasteiger charge is 1.86. The molecule has 1 aromatic rings. The van der Waals surface area contributed by atoms with Crippen LogP contribution in [0.5, 0.6) is 5.75 Å². The summed E-state index contributed by atoms with van der Waals surface area (Å²) < 4.78 is 0. The highest BCUT2D eigenvalue weighted by molar-refractivity contribution is 7.79. The minimum atomic E-state index is 0.258. The van der Waals surface area contributed by atoms with E-state index in [0.29, 0.717) is 0 Å². The van der Waals surface area contributed by atoms with E-state index in [4.69, 9.17) is 5.11 Å². The van der Waals surface area contributed by atoms with E-state index in [1.807, 2.05) is 6.07 Å². The van der Waals surface area contributed by atoms with Crippen LogP contribution in [0.2, 0.25) is 0 Å². The summed E-state index contributed by atoms with van der Waals surface area (Å²) in [6, 6.07) is 6.83. The predicted molar refractivity (Wildman–Crippen MR) is 40.9 cm³/mol. The molecule has 0 saturated carbocycles. The van der Waals surface area contributed by atoms with Crippen LogP contribution in [0, 0.1) is 0 Å². The molecule has 0 atom stereocenters. The standard InChI is InChI=1S/C7H6OS/c8-7-3-1-2-6(4-7)5-9/h1-5,8H. The summed E-state index contributed by atoms with van der Waals surface area (Å²) in [6.45, 7) is 0. The predicted octanol–water partition coefficient (Wildman–Crippen LogP) is 1.74. The van der Waals surface area contributed by atoms with Gasteiger partial charge in [0, 0.05) is 5.37 Å². The third kappa shape index (κ3) is 1.50. The summed E-state index contributed by atoms with van der Waals surface area (Å²) in [5.74, 6) is 0.258. The van der Waals surface area contributed by atoms with Crippen molar-refractivity contribution in [1.29, 1.82) is 0 Å². The fourth-order valence-electron chi connectivity index (χ4n) is 0.598. The number of hydrogen-bond acceptors (Lipinski definition) is 2. The van der Waals surface area contributed by atoms with E-state index in [9.17, 15) is 0 Å². The lowest BCUT2D eigenvalue weighted by molar-refractivity contribution is 0.475. The molecular formula is C7H6OS. The lowest BCUT2D eigenvalue weighted by Gasteiger charge is -1.90. The topological polar surface area (TPSA) is 20.2 Å². The Labute approximate surface area is 58.9 Å². The molecule has 0 aliphatic carbocycles. The molecule has 0 aliphatic rings. The Hall–Kier alpha value is -0.890. The van der Waals surface area contributed by atoms with Gasteiger partial charge in [0.25, 0.3) is 0 Å². The Morgan fingerprint density at radius 2 is 2.22 bits per heavy atom. The molecule has 1 aromatic carbocycles. The average Bonchev–Trinajstić information content (AvgIpc) is 1.88. The highest BCUT2D eigenvalue weighted by atomic mass is 32.1. The SMILES string of the molecule is Oc1cccc(C=S)c1. The van der Waals surface area contributed by atoms with Crippen molar-refractivity contribution in [1.82, 2.24) is 0 Å². The molecule has 1 N–H and O–H groups in total. The lowest BCUT2D eigenvalue weighted by atomic mass is 10.2. The second kappa shape index (κ2) is 2.60. The smallest absolute Gasteiger partial charge is 0.116 e. The first-order valence-electron chi connectivity index (χ1n) is 2.57. The Balaban J connectivity index is 3.07. The summed E-state index contributed by atoms with van der Waals surface area (Å²) in [5.41, 5.74) is 0.866. The monoisotopic (exact) mass is 138 g/mol. The Morgan fingerprint density at radius 1 is 1.44 bits per heavy atom. The Morgan fingerprint density at radius 3 is 2.67 bits per heavy atom. The molecule has 2 heteroatoms. The summed E-state index contributed by atoms with van der Waals surface area (Å²) in [4.78, 5) is 0. The molecule has 9 heavy (non-hydrogen) atoms. The van der Waals surface area contributed by atoms with Crippen LogP contribution in [0.25, 0.3) is 0 Å². The van der Waals surface area contributed by atoms with E-state index in [0.717, 1.165) is 5.56 Å². The second-order valence-corrected chi connectivity index (χ2v) is 1.95. The molecule has 1 nitrogen and oxygen atoms in total. The molecule has 0 fully saturated rings. The van der Waals surface area contributed by atoms with E-state index in [1.165, 1.54) is 5.37 Å². The number of benzene rings is 1. The van der Waals surface area contributed by atoms with E-state index >= 15 is 0 Å². The number of aromatic hydroxyl groups is 1. The lowest BCUT2D eigenvalue weighted by Crippen LogP contribution is -1.74. The van der Waals surface area contributed by atoms with E-state index in [1.54, 1.807) is 18.2 Å². The van der Waals surface area contributed by atoms with Crippen LogP contribution in [0.3, 0.4) is 0 Å². The van der Waals surface area contributed by atoms with Crippen molar-refractivity contribution in [2.24, 2.45) is 0 Å². The maximum absolute atomic E-state index is 8.88. The summed E-state index contributed by atoms with van der Waals surface area (Å²) in [6.07, 6.45) is 0. The summed E-state index contributed by atoms with van der Waals surface area (Å²) in [5, 5.41) is 10.4. The van der Waals surface area contributed by atoms with Gasteiger partial charge in [-0.3, -0.25) is 0 Å². The van der Waals surface area contributed by atoms with E-state index < -0.39 is 0 Å². The summed E-state index contributed by atoms with van der Waals surface area (Å²) >= 11 is 4.64. The van der Waals surface area contributed by atoms with Gasteiger partial charge in [0.2, 0.25) is 0 Å². The van der Waals surface area contributed by atoms with Crippen molar-refractivity contribution in [3.8, 4) is 5.75 Å². The van der Waals surface area contributed by atoms with Gasteiger partial charge in [-0.25, -0.2) is 0 Å². The van der Waals surface area contributed by atoms with Crippen molar-refractivity contribution < 1.29 is 5.11 Å². The van der Waals surface area contributed by atoms with Crippen LogP contribution in [0.15, 0.2) is 24.3 Å². The van der Waals surface area contributed by atoms with Crippen LogP contribution in [0.1, 0.15) is 5.56 Å². The van der Waals surface area contributed by atoms with E-state index in [2.05, 4.69) is 12.2 Å². The van der Waals surface area contributed by atoms with Crippen molar-refractivity contribution in [3.63, 3.8) is 0 Å². The van der Waals surface area contributed by atoms with Crippen LogP contribution < -0.4 is 0 Å². The van der Waals surface area contributed by atoms with Crippen molar-refractivity contribution in [2.45, 2.75) is 0 Å². The number of thiocarbonyl (C=S) groups is 1. The van der Waals surface area contributed by atoms with Gasteiger partial charge in [-0.2, -0.15) is 0 Å². The molecule has 1 rings (SSSR count). The molecule has 0 heterocycles. The first-order chi connectivity index (χ1) is 4.33. The van der Waals surface area contributed by atoms with Gasteiger partial charge in [-0.1, -0.05) is 24.4 Å². The minimum Gasteiger partial charge on any atom is -0.508 e. The maximum atomic E-state index is 8.88. The quantitative estimate of drug-likeness (QED) is 0.596. The Kier molecular flexibility index (Phi) is 1.80. The van der Waals surface area contributed by atoms with Gasteiger partial charge >= 0.3 is 0 Å². The largest absolute Gasteiger partial charge is 0.508 e. The third-order valence-corrected chi connectivity index (χ3v) is 1.28. The van der Waals surface area contributed by atoms with Crippen molar-refractivity contribution >= 4 is 17.6 Å². The zero-order valence-electron chi connectivity index (χ0n) is 4.74. The molecule has 0 spiro atoms. The van der Waals surface area contributed by atoms with Crippen LogP contribution in [-0.4, -0.2) is 10.5 Å². The van der Waals surface area contributed by atoms with Gasteiger partial charge in [0.15, 0.2) is 0 Å². The molecule has 0 unspecified atom stereocenters. The third-order valence-electron chi connectivity index (χ3n) is 1.01.